The van der Waals surface area contributed by atoms with E-state index in [0.29, 0.717) is 13.2 Å². The number of hydrogen-bond acceptors (Lipinski definition) is 4. The van der Waals surface area contributed by atoms with Gasteiger partial charge in [0.1, 0.15) is 5.15 Å². The fourth-order valence-electron chi connectivity index (χ4n) is 1.72. The number of rotatable bonds is 6. The highest BCUT2D eigenvalue weighted by molar-refractivity contribution is 7.89. The highest BCUT2D eigenvalue weighted by atomic mass is 35.5. The molecule has 1 rings (SSSR count). The van der Waals surface area contributed by atoms with Crippen LogP contribution in [-0.4, -0.2) is 44.0 Å². The Labute approximate surface area is 113 Å². The fourth-order valence-corrected chi connectivity index (χ4v) is 3.60. The third-order valence-electron chi connectivity index (χ3n) is 2.52. The summed E-state index contributed by atoms with van der Waals surface area (Å²) in [6, 6.07) is 2.54. The minimum atomic E-state index is -3.57. The van der Waals surface area contributed by atoms with Crippen LogP contribution in [0.5, 0.6) is 0 Å². The lowest BCUT2D eigenvalue weighted by molar-refractivity contribution is 0.142. The molecule has 1 heterocycles. The molecule has 0 radical (unpaired) electrons. The summed E-state index contributed by atoms with van der Waals surface area (Å²) >= 11 is 5.72. The highest BCUT2D eigenvalue weighted by Crippen LogP contribution is 2.19. The van der Waals surface area contributed by atoms with Gasteiger partial charge < -0.3 is 4.74 Å². The van der Waals surface area contributed by atoms with Crippen molar-refractivity contribution in [2.45, 2.75) is 24.8 Å². The van der Waals surface area contributed by atoms with Crippen LogP contribution in [0.15, 0.2) is 23.2 Å². The van der Waals surface area contributed by atoms with Gasteiger partial charge in [-0.25, -0.2) is 13.4 Å². The van der Waals surface area contributed by atoms with Crippen molar-refractivity contribution in [2.75, 3.05) is 20.3 Å². The Morgan fingerprint density at radius 2 is 2.22 bits per heavy atom. The van der Waals surface area contributed by atoms with Crippen molar-refractivity contribution in [3.8, 4) is 0 Å². The van der Waals surface area contributed by atoms with Crippen LogP contribution in [0.1, 0.15) is 13.8 Å². The third kappa shape index (κ3) is 3.41. The number of halogens is 1. The number of likely N-dealkylation sites (N-methyl/N-ethyl adjacent to an activating group) is 1. The van der Waals surface area contributed by atoms with Gasteiger partial charge in [0.25, 0.3) is 0 Å². The molecule has 0 saturated heterocycles. The fraction of sp³-hybridized carbons (Fsp3) is 0.545. The largest absolute Gasteiger partial charge is 0.383 e. The Morgan fingerprint density at radius 1 is 1.56 bits per heavy atom. The van der Waals surface area contributed by atoms with Crippen molar-refractivity contribution in [3.63, 3.8) is 0 Å². The van der Waals surface area contributed by atoms with Crippen molar-refractivity contribution in [2.24, 2.45) is 0 Å². The molecule has 0 spiro atoms. The third-order valence-corrected chi connectivity index (χ3v) is 4.81. The molecule has 1 atom stereocenters. The molecular formula is C11H17ClN2O3S. The lowest BCUT2D eigenvalue weighted by atomic mass is 10.4. The average Bonchev–Trinajstić information content (AvgIpc) is 2.30. The molecule has 18 heavy (non-hydrogen) atoms. The van der Waals surface area contributed by atoms with Crippen LogP contribution in [0.2, 0.25) is 5.15 Å². The molecule has 5 nitrogen and oxygen atoms in total. The van der Waals surface area contributed by atoms with Gasteiger partial charge in [0, 0.05) is 25.9 Å². The van der Waals surface area contributed by atoms with Crippen LogP contribution >= 0.6 is 11.6 Å². The molecule has 0 fully saturated rings. The van der Waals surface area contributed by atoms with Crippen molar-refractivity contribution < 1.29 is 13.2 Å². The van der Waals surface area contributed by atoms with Gasteiger partial charge in [0.15, 0.2) is 0 Å². The Bertz CT molecular complexity index is 493. The van der Waals surface area contributed by atoms with Gasteiger partial charge in [0.2, 0.25) is 10.0 Å². The Hall–Kier alpha value is -0.690. The molecule has 1 aromatic rings. The van der Waals surface area contributed by atoms with E-state index in [9.17, 15) is 8.42 Å². The monoisotopic (exact) mass is 292 g/mol. The van der Waals surface area contributed by atoms with Crippen LogP contribution in [0, 0.1) is 0 Å². The van der Waals surface area contributed by atoms with Gasteiger partial charge >= 0.3 is 0 Å². The summed E-state index contributed by atoms with van der Waals surface area (Å²) in [6.45, 7) is 4.29. The number of methoxy groups -OCH3 is 1. The molecule has 7 heteroatoms. The number of sulfonamides is 1. The summed E-state index contributed by atoms with van der Waals surface area (Å²) in [4.78, 5) is 3.92. The van der Waals surface area contributed by atoms with Gasteiger partial charge in [-0.1, -0.05) is 18.5 Å². The molecule has 0 aliphatic carbocycles. The lowest BCUT2D eigenvalue weighted by Gasteiger charge is -2.26. The Morgan fingerprint density at radius 3 is 2.72 bits per heavy atom. The van der Waals surface area contributed by atoms with Gasteiger partial charge in [-0.2, -0.15) is 4.31 Å². The van der Waals surface area contributed by atoms with Gasteiger partial charge in [0.05, 0.1) is 11.5 Å². The van der Waals surface area contributed by atoms with Crippen molar-refractivity contribution in [1.29, 1.82) is 0 Å². The molecule has 1 unspecified atom stereocenters. The molecule has 0 N–H and O–H groups in total. The van der Waals surface area contributed by atoms with Gasteiger partial charge in [-0.05, 0) is 19.1 Å². The molecule has 0 amide bonds. The highest BCUT2D eigenvalue weighted by Gasteiger charge is 2.27. The van der Waals surface area contributed by atoms with E-state index in [1.54, 1.807) is 21.0 Å². The lowest BCUT2D eigenvalue weighted by Crippen LogP contribution is -2.40. The molecule has 0 saturated carbocycles. The maximum absolute atomic E-state index is 12.4. The van der Waals surface area contributed by atoms with Crippen molar-refractivity contribution in [3.05, 3.63) is 23.5 Å². The second-order valence-corrected chi connectivity index (χ2v) is 6.10. The van der Waals surface area contributed by atoms with E-state index in [2.05, 4.69) is 4.98 Å². The summed E-state index contributed by atoms with van der Waals surface area (Å²) < 4.78 is 31.2. The first-order valence-corrected chi connectivity index (χ1v) is 7.37. The van der Waals surface area contributed by atoms with E-state index >= 15 is 0 Å². The minimum absolute atomic E-state index is 0.146. The summed E-state index contributed by atoms with van der Waals surface area (Å²) in [7, 11) is -2.02. The van der Waals surface area contributed by atoms with Crippen LogP contribution < -0.4 is 0 Å². The van der Waals surface area contributed by atoms with Crippen LogP contribution in [-0.2, 0) is 14.8 Å². The smallest absolute Gasteiger partial charge is 0.243 e. The van der Waals surface area contributed by atoms with Crippen LogP contribution in [0.25, 0.3) is 0 Å². The molecule has 102 valence electrons. The zero-order valence-corrected chi connectivity index (χ0v) is 12.2. The second kappa shape index (κ2) is 6.47. The van der Waals surface area contributed by atoms with E-state index in [1.807, 2.05) is 0 Å². The average molecular weight is 293 g/mol. The SMILES string of the molecule is CCN(C(C)COC)S(=O)(=O)c1ccnc(Cl)c1. The maximum atomic E-state index is 12.4. The van der Waals surface area contributed by atoms with E-state index in [1.165, 1.54) is 22.6 Å². The topological polar surface area (TPSA) is 59.5 Å². The van der Waals surface area contributed by atoms with Gasteiger partial charge in [-0.15, -0.1) is 0 Å². The summed E-state index contributed by atoms with van der Waals surface area (Å²) in [5, 5.41) is 0.159. The van der Waals surface area contributed by atoms with E-state index in [-0.39, 0.29) is 16.1 Å². The Balaban J connectivity index is 3.11. The van der Waals surface area contributed by atoms with Crippen LogP contribution in [0.4, 0.5) is 0 Å². The molecule has 0 aliphatic rings. The predicted molar refractivity (Wildman–Crippen MR) is 70.2 cm³/mol. The molecule has 0 aliphatic heterocycles. The summed E-state index contributed by atoms with van der Waals surface area (Å²) in [6.07, 6.45) is 1.38. The molecule has 1 aromatic heterocycles. The van der Waals surface area contributed by atoms with Crippen molar-refractivity contribution >= 4 is 21.6 Å². The van der Waals surface area contributed by atoms with Crippen molar-refractivity contribution in [1.82, 2.24) is 9.29 Å². The first-order valence-electron chi connectivity index (χ1n) is 5.55. The molecule has 0 aromatic carbocycles. The maximum Gasteiger partial charge on any atom is 0.243 e. The second-order valence-electron chi connectivity index (χ2n) is 3.83. The number of ether oxygens (including phenoxy) is 1. The summed E-state index contributed by atoms with van der Waals surface area (Å²) in [5.74, 6) is 0. The van der Waals surface area contributed by atoms with E-state index < -0.39 is 10.0 Å². The van der Waals surface area contributed by atoms with E-state index in [0.717, 1.165) is 0 Å². The number of hydrogen-bond donors (Lipinski definition) is 0. The normalized spacial score (nSPS) is 13.8. The zero-order chi connectivity index (χ0) is 13.8. The first kappa shape index (κ1) is 15.4. The quantitative estimate of drug-likeness (QED) is 0.750. The first-order chi connectivity index (χ1) is 8.43. The number of pyridine rings is 1. The molecular weight excluding hydrogens is 276 g/mol. The number of aromatic nitrogens is 1. The molecule has 0 bridgehead atoms. The van der Waals surface area contributed by atoms with E-state index in [4.69, 9.17) is 16.3 Å². The minimum Gasteiger partial charge on any atom is -0.383 e. The Kier molecular flexibility index (Phi) is 5.52. The van der Waals surface area contributed by atoms with Gasteiger partial charge in [-0.3, -0.25) is 0 Å². The predicted octanol–water partition coefficient (Wildman–Crippen LogP) is 1.78. The van der Waals surface area contributed by atoms with Crippen LogP contribution in [0.3, 0.4) is 0 Å². The summed E-state index contributed by atoms with van der Waals surface area (Å²) in [5.41, 5.74) is 0. The zero-order valence-electron chi connectivity index (χ0n) is 10.6. The standard InChI is InChI=1S/C11H17ClN2O3S/c1-4-14(9(2)8-17-3)18(15,16)10-5-6-13-11(12)7-10/h5-7,9H,4,8H2,1-3H3. The number of nitrogens with zero attached hydrogens (tertiary/aromatic N) is 2.